The molecular weight excluding hydrogens is 336 g/mol. The molecule has 0 radical (unpaired) electrons. The van der Waals surface area contributed by atoms with Crippen LogP contribution in [0.2, 0.25) is 0 Å². The number of amides is 2. The summed E-state index contributed by atoms with van der Waals surface area (Å²) in [4.78, 5) is 27.3. The molecule has 1 aliphatic carbocycles. The first-order valence-corrected chi connectivity index (χ1v) is 9.41. The SMILES string of the molecule is CC1Oc2ccc(NC(=O)c3cccs3)cc2CN(CC2CC2)C1=O. The largest absolute Gasteiger partial charge is 0.481 e. The first kappa shape index (κ1) is 16.1. The lowest BCUT2D eigenvalue weighted by atomic mass is 10.1. The van der Waals surface area contributed by atoms with Crippen LogP contribution in [-0.4, -0.2) is 29.4 Å². The Hall–Kier alpha value is -2.34. The highest BCUT2D eigenvalue weighted by atomic mass is 32.1. The molecule has 1 unspecified atom stereocenters. The molecule has 130 valence electrons. The lowest BCUT2D eigenvalue weighted by molar-refractivity contribution is -0.137. The van der Waals surface area contributed by atoms with Crippen molar-refractivity contribution >= 4 is 28.8 Å². The van der Waals surface area contributed by atoms with Gasteiger partial charge in [0, 0.05) is 24.3 Å². The molecule has 1 aromatic carbocycles. The van der Waals surface area contributed by atoms with Crippen LogP contribution >= 0.6 is 11.3 Å². The van der Waals surface area contributed by atoms with Crippen LogP contribution in [0.25, 0.3) is 0 Å². The van der Waals surface area contributed by atoms with E-state index in [4.69, 9.17) is 4.74 Å². The third-order valence-corrected chi connectivity index (χ3v) is 5.43. The number of benzene rings is 1. The second-order valence-electron chi connectivity index (χ2n) is 6.68. The standard InChI is InChI=1S/C19H20N2O3S/c1-12-19(23)21(10-13-4-5-13)11-14-9-15(6-7-16(14)24-12)20-18(22)17-3-2-8-25-17/h2-3,6-9,12-13H,4-5,10-11H2,1H3,(H,20,22). The zero-order valence-corrected chi connectivity index (χ0v) is 14.8. The first-order valence-electron chi connectivity index (χ1n) is 8.53. The van der Waals surface area contributed by atoms with Crippen molar-refractivity contribution in [2.75, 3.05) is 11.9 Å². The van der Waals surface area contributed by atoms with Crippen LogP contribution in [0.5, 0.6) is 5.75 Å². The van der Waals surface area contributed by atoms with Crippen LogP contribution in [0.15, 0.2) is 35.7 Å². The normalized spacial score (nSPS) is 19.8. The van der Waals surface area contributed by atoms with Crippen molar-refractivity contribution < 1.29 is 14.3 Å². The monoisotopic (exact) mass is 356 g/mol. The van der Waals surface area contributed by atoms with E-state index < -0.39 is 6.10 Å². The van der Waals surface area contributed by atoms with E-state index >= 15 is 0 Å². The van der Waals surface area contributed by atoms with Crippen LogP contribution in [-0.2, 0) is 11.3 Å². The zero-order valence-electron chi connectivity index (χ0n) is 14.0. The van der Waals surface area contributed by atoms with Crippen LogP contribution < -0.4 is 10.1 Å². The number of hydrogen-bond acceptors (Lipinski definition) is 4. The molecule has 1 fully saturated rings. The van der Waals surface area contributed by atoms with Crippen molar-refractivity contribution in [2.24, 2.45) is 5.92 Å². The van der Waals surface area contributed by atoms with Crippen molar-refractivity contribution in [3.05, 3.63) is 46.2 Å². The van der Waals surface area contributed by atoms with Crippen molar-refractivity contribution in [3.63, 3.8) is 0 Å². The average Bonchev–Trinajstić information content (AvgIpc) is 3.26. The number of fused-ring (bicyclic) bond motifs is 1. The summed E-state index contributed by atoms with van der Waals surface area (Å²) in [7, 11) is 0. The Balaban J connectivity index is 1.56. The minimum absolute atomic E-state index is 0.0345. The minimum Gasteiger partial charge on any atom is -0.481 e. The fourth-order valence-corrected chi connectivity index (χ4v) is 3.66. The summed E-state index contributed by atoms with van der Waals surface area (Å²) in [5, 5.41) is 4.80. The third-order valence-electron chi connectivity index (χ3n) is 4.56. The van der Waals surface area contributed by atoms with Gasteiger partial charge in [0.25, 0.3) is 11.8 Å². The number of nitrogens with zero attached hydrogens (tertiary/aromatic N) is 1. The molecule has 0 spiro atoms. The topological polar surface area (TPSA) is 58.6 Å². The molecule has 5 nitrogen and oxygen atoms in total. The number of anilines is 1. The summed E-state index contributed by atoms with van der Waals surface area (Å²) < 4.78 is 5.83. The fourth-order valence-electron chi connectivity index (χ4n) is 3.04. The molecule has 1 atom stereocenters. The molecule has 1 aromatic heterocycles. The molecule has 25 heavy (non-hydrogen) atoms. The van der Waals surface area contributed by atoms with E-state index in [0.717, 1.165) is 12.1 Å². The van der Waals surface area contributed by atoms with Gasteiger partial charge in [0.15, 0.2) is 6.10 Å². The van der Waals surface area contributed by atoms with Gasteiger partial charge in [-0.05, 0) is 55.3 Å². The van der Waals surface area contributed by atoms with Gasteiger partial charge >= 0.3 is 0 Å². The molecule has 2 heterocycles. The van der Waals surface area contributed by atoms with Gasteiger partial charge in [-0.2, -0.15) is 0 Å². The van der Waals surface area contributed by atoms with Gasteiger partial charge < -0.3 is 15.0 Å². The van der Waals surface area contributed by atoms with Crippen molar-refractivity contribution in [1.82, 2.24) is 4.90 Å². The Morgan fingerprint density at radius 2 is 2.20 bits per heavy atom. The van der Waals surface area contributed by atoms with E-state index in [0.29, 0.717) is 28.8 Å². The molecule has 1 saturated carbocycles. The molecule has 0 saturated heterocycles. The lowest BCUT2D eigenvalue weighted by Gasteiger charge is -2.21. The van der Waals surface area contributed by atoms with E-state index in [1.54, 1.807) is 13.0 Å². The number of carbonyl (C=O) groups excluding carboxylic acids is 2. The molecule has 0 bridgehead atoms. The van der Waals surface area contributed by atoms with Crippen LogP contribution in [0.1, 0.15) is 35.0 Å². The smallest absolute Gasteiger partial charge is 0.265 e. The highest BCUT2D eigenvalue weighted by Gasteiger charge is 2.32. The second kappa shape index (κ2) is 6.52. The second-order valence-corrected chi connectivity index (χ2v) is 7.62. The predicted molar refractivity (Wildman–Crippen MR) is 96.9 cm³/mol. The van der Waals surface area contributed by atoms with Crippen molar-refractivity contribution in [2.45, 2.75) is 32.4 Å². The summed E-state index contributed by atoms with van der Waals surface area (Å²) in [6.45, 7) is 3.11. The van der Waals surface area contributed by atoms with Gasteiger partial charge in [0.05, 0.1) is 4.88 Å². The zero-order chi connectivity index (χ0) is 17.4. The van der Waals surface area contributed by atoms with Gasteiger partial charge in [-0.15, -0.1) is 11.3 Å². The number of ether oxygens (including phenoxy) is 1. The number of rotatable bonds is 4. The number of carbonyl (C=O) groups is 2. The maximum atomic E-state index is 12.5. The van der Waals surface area contributed by atoms with Gasteiger partial charge in [-0.1, -0.05) is 6.07 Å². The Kier molecular flexibility index (Phi) is 4.21. The van der Waals surface area contributed by atoms with Gasteiger partial charge in [-0.3, -0.25) is 9.59 Å². The van der Waals surface area contributed by atoms with Gasteiger partial charge in [0.2, 0.25) is 0 Å². The van der Waals surface area contributed by atoms with E-state index in [-0.39, 0.29) is 11.8 Å². The predicted octanol–water partition coefficient (Wildman–Crippen LogP) is 3.52. The van der Waals surface area contributed by atoms with E-state index in [2.05, 4.69) is 5.32 Å². The Morgan fingerprint density at radius 3 is 2.92 bits per heavy atom. The van der Waals surface area contributed by atoms with Crippen LogP contribution in [0.3, 0.4) is 0 Å². The molecule has 4 rings (SSSR count). The van der Waals surface area contributed by atoms with E-state index in [1.807, 2.05) is 34.5 Å². The molecule has 2 aromatic rings. The van der Waals surface area contributed by atoms with Gasteiger partial charge in [0.1, 0.15) is 5.75 Å². The summed E-state index contributed by atoms with van der Waals surface area (Å²) in [5.74, 6) is 1.25. The van der Waals surface area contributed by atoms with Crippen LogP contribution in [0, 0.1) is 5.92 Å². The molecule has 1 N–H and O–H groups in total. The highest BCUT2D eigenvalue weighted by Crippen LogP contribution is 2.33. The molecular formula is C19H20N2O3S. The number of hydrogen-bond donors (Lipinski definition) is 1. The Labute approximate surface area is 150 Å². The fraction of sp³-hybridized carbons (Fsp3) is 0.368. The average molecular weight is 356 g/mol. The van der Waals surface area contributed by atoms with Crippen LogP contribution in [0.4, 0.5) is 5.69 Å². The molecule has 6 heteroatoms. The summed E-state index contributed by atoms with van der Waals surface area (Å²) >= 11 is 1.41. The summed E-state index contributed by atoms with van der Waals surface area (Å²) in [6.07, 6.45) is 1.91. The first-order chi connectivity index (χ1) is 12.1. The Bertz CT molecular complexity index is 799. The van der Waals surface area contributed by atoms with Gasteiger partial charge in [-0.25, -0.2) is 0 Å². The molecule has 1 aliphatic heterocycles. The number of nitrogens with one attached hydrogen (secondary N) is 1. The molecule has 2 aliphatic rings. The van der Waals surface area contributed by atoms with E-state index in [9.17, 15) is 9.59 Å². The maximum Gasteiger partial charge on any atom is 0.265 e. The third kappa shape index (κ3) is 3.54. The number of thiophene rings is 1. The maximum absolute atomic E-state index is 12.5. The van der Waals surface area contributed by atoms with Crippen molar-refractivity contribution in [1.29, 1.82) is 0 Å². The molecule has 2 amide bonds. The van der Waals surface area contributed by atoms with E-state index in [1.165, 1.54) is 24.2 Å². The highest BCUT2D eigenvalue weighted by molar-refractivity contribution is 7.12. The lowest BCUT2D eigenvalue weighted by Crippen LogP contribution is -2.39. The van der Waals surface area contributed by atoms with Crippen molar-refractivity contribution in [3.8, 4) is 5.75 Å². The minimum atomic E-state index is -0.480. The summed E-state index contributed by atoms with van der Waals surface area (Å²) in [5.41, 5.74) is 1.65. The Morgan fingerprint density at radius 1 is 1.36 bits per heavy atom. The summed E-state index contributed by atoms with van der Waals surface area (Å²) in [6, 6.07) is 9.21. The quantitative estimate of drug-likeness (QED) is 0.912.